The van der Waals surface area contributed by atoms with E-state index in [9.17, 15) is 0 Å². The topological polar surface area (TPSA) is 50.3 Å². The van der Waals surface area contributed by atoms with Gasteiger partial charge in [-0.15, -0.1) is 0 Å². The van der Waals surface area contributed by atoms with E-state index in [0.29, 0.717) is 6.54 Å². The van der Waals surface area contributed by atoms with Crippen molar-refractivity contribution < 1.29 is 4.74 Å². The molecule has 0 aliphatic carbocycles. The Morgan fingerprint density at radius 3 is 2.59 bits per heavy atom. The summed E-state index contributed by atoms with van der Waals surface area (Å²) in [6.07, 6.45) is 1.03. The van der Waals surface area contributed by atoms with Crippen LogP contribution in [0.5, 0.6) is 5.75 Å². The lowest BCUT2D eigenvalue weighted by Gasteiger charge is -2.29. The van der Waals surface area contributed by atoms with Crippen molar-refractivity contribution in [1.82, 2.24) is 9.97 Å². The number of hydrogen-bond donors (Lipinski definition) is 1. The van der Waals surface area contributed by atoms with Gasteiger partial charge in [0, 0.05) is 31.4 Å². The molecule has 1 aliphatic rings. The average Bonchev–Trinajstić information content (AvgIpc) is 2.72. The van der Waals surface area contributed by atoms with Gasteiger partial charge in [0.2, 0.25) is 5.95 Å². The molecule has 0 bridgehead atoms. The second kappa shape index (κ2) is 7.66. The average molecular weight is 360 g/mol. The number of rotatable bonds is 5. The standard InChI is InChI=1S/C22H24N4O/c1-16-13-21(23-14-17-7-9-20(27-2)10-8-17)25-22(24-16)26-12-11-18-5-3-4-6-19(18)15-26/h3-10,13H,11-12,14-15H2,1-2H3,(H,23,24,25). The summed E-state index contributed by atoms with van der Waals surface area (Å²) in [4.78, 5) is 11.7. The molecule has 1 N–H and O–H groups in total. The molecule has 0 spiro atoms. The Morgan fingerprint density at radius 2 is 1.81 bits per heavy atom. The number of ether oxygens (including phenoxy) is 1. The van der Waals surface area contributed by atoms with Gasteiger partial charge in [-0.05, 0) is 42.2 Å². The molecule has 0 saturated carbocycles. The van der Waals surface area contributed by atoms with Crippen LogP contribution < -0.4 is 15.0 Å². The van der Waals surface area contributed by atoms with Gasteiger partial charge < -0.3 is 15.0 Å². The fourth-order valence-electron chi connectivity index (χ4n) is 3.39. The van der Waals surface area contributed by atoms with Crippen LogP contribution >= 0.6 is 0 Å². The summed E-state index contributed by atoms with van der Waals surface area (Å²) >= 11 is 0. The SMILES string of the molecule is COc1ccc(CNc2cc(C)nc(N3CCc4ccccc4C3)n2)cc1. The van der Waals surface area contributed by atoms with Crippen molar-refractivity contribution in [2.75, 3.05) is 23.9 Å². The Labute approximate surface area is 160 Å². The number of anilines is 2. The van der Waals surface area contributed by atoms with E-state index in [4.69, 9.17) is 9.72 Å². The van der Waals surface area contributed by atoms with Crippen LogP contribution in [0.3, 0.4) is 0 Å². The minimum Gasteiger partial charge on any atom is -0.497 e. The molecule has 1 aromatic heterocycles. The molecule has 4 rings (SSSR count). The molecule has 0 radical (unpaired) electrons. The second-order valence-electron chi connectivity index (χ2n) is 6.84. The van der Waals surface area contributed by atoms with Crippen LogP contribution in [0.1, 0.15) is 22.4 Å². The third-order valence-electron chi connectivity index (χ3n) is 4.89. The molecule has 138 valence electrons. The van der Waals surface area contributed by atoms with Crippen molar-refractivity contribution in [3.8, 4) is 5.75 Å². The molecule has 0 atom stereocenters. The van der Waals surface area contributed by atoms with Gasteiger partial charge in [0.25, 0.3) is 0 Å². The van der Waals surface area contributed by atoms with Gasteiger partial charge >= 0.3 is 0 Å². The highest BCUT2D eigenvalue weighted by atomic mass is 16.5. The summed E-state index contributed by atoms with van der Waals surface area (Å²) in [7, 11) is 1.68. The molecule has 0 saturated heterocycles. The third-order valence-corrected chi connectivity index (χ3v) is 4.89. The summed E-state index contributed by atoms with van der Waals surface area (Å²) in [5, 5.41) is 3.42. The second-order valence-corrected chi connectivity index (χ2v) is 6.84. The molecule has 3 aromatic rings. The lowest BCUT2D eigenvalue weighted by Crippen LogP contribution is -2.32. The predicted molar refractivity (Wildman–Crippen MR) is 108 cm³/mol. The number of hydrogen-bond acceptors (Lipinski definition) is 5. The first kappa shape index (κ1) is 17.3. The van der Waals surface area contributed by atoms with Crippen molar-refractivity contribution in [2.24, 2.45) is 0 Å². The Bertz CT molecular complexity index is 924. The Kier molecular flexibility index (Phi) is 4.92. The number of benzene rings is 2. The van der Waals surface area contributed by atoms with Gasteiger partial charge in [0.05, 0.1) is 7.11 Å². The molecule has 2 heterocycles. The van der Waals surface area contributed by atoms with Gasteiger partial charge in [0.15, 0.2) is 0 Å². The molecule has 0 fully saturated rings. The van der Waals surface area contributed by atoms with E-state index >= 15 is 0 Å². The first-order chi connectivity index (χ1) is 13.2. The Morgan fingerprint density at radius 1 is 1.04 bits per heavy atom. The molecular weight excluding hydrogens is 336 g/mol. The van der Waals surface area contributed by atoms with Crippen LogP contribution in [0.2, 0.25) is 0 Å². The molecule has 2 aromatic carbocycles. The van der Waals surface area contributed by atoms with Crippen molar-refractivity contribution in [3.05, 3.63) is 77.0 Å². The van der Waals surface area contributed by atoms with Crippen LogP contribution in [-0.2, 0) is 19.5 Å². The molecule has 27 heavy (non-hydrogen) atoms. The zero-order chi connectivity index (χ0) is 18.6. The van der Waals surface area contributed by atoms with Crippen LogP contribution in [0, 0.1) is 6.92 Å². The van der Waals surface area contributed by atoms with E-state index in [0.717, 1.165) is 42.7 Å². The van der Waals surface area contributed by atoms with Crippen molar-refractivity contribution >= 4 is 11.8 Å². The molecule has 1 aliphatic heterocycles. The maximum absolute atomic E-state index is 5.21. The van der Waals surface area contributed by atoms with Crippen LogP contribution in [0.4, 0.5) is 11.8 Å². The number of methoxy groups -OCH3 is 1. The summed E-state index contributed by atoms with van der Waals surface area (Å²) in [6.45, 7) is 4.53. The molecular formula is C22H24N4O. The minimum atomic E-state index is 0.711. The largest absolute Gasteiger partial charge is 0.497 e. The highest BCUT2D eigenvalue weighted by Gasteiger charge is 2.18. The predicted octanol–water partition coefficient (Wildman–Crippen LogP) is 3.97. The highest BCUT2D eigenvalue weighted by Crippen LogP contribution is 2.23. The van der Waals surface area contributed by atoms with Gasteiger partial charge in [-0.2, -0.15) is 4.98 Å². The Hall–Kier alpha value is -3.08. The van der Waals surface area contributed by atoms with E-state index in [2.05, 4.69) is 51.6 Å². The minimum absolute atomic E-state index is 0.711. The summed E-state index contributed by atoms with van der Waals surface area (Å²) < 4.78 is 5.21. The lowest BCUT2D eigenvalue weighted by molar-refractivity contribution is 0.414. The van der Waals surface area contributed by atoms with Crippen LogP contribution in [-0.4, -0.2) is 23.6 Å². The van der Waals surface area contributed by atoms with Gasteiger partial charge in [0.1, 0.15) is 11.6 Å². The van der Waals surface area contributed by atoms with Gasteiger partial charge in [-0.3, -0.25) is 0 Å². The number of nitrogens with zero attached hydrogens (tertiary/aromatic N) is 3. The molecule has 5 nitrogen and oxygen atoms in total. The smallest absolute Gasteiger partial charge is 0.227 e. The maximum atomic E-state index is 5.21. The zero-order valence-corrected chi connectivity index (χ0v) is 15.8. The van der Waals surface area contributed by atoms with Crippen molar-refractivity contribution in [1.29, 1.82) is 0 Å². The zero-order valence-electron chi connectivity index (χ0n) is 15.8. The fraction of sp³-hybridized carbons (Fsp3) is 0.273. The normalized spacial score (nSPS) is 13.2. The van der Waals surface area contributed by atoms with E-state index < -0.39 is 0 Å². The first-order valence-electron chi connectivity index (χ1n) is 9.25. The maximum Gasteiger partial charge on any atom is 0.227 e. The Balaban J connectivity index is 1.48. The fourth-order valence-corrected chi connectivity index (χ4v) is 3.39. The van der Waals surface area contributed by atoms with Gasteiger partial charge in [-0.1, -0.05) is 36.4 Å². The summed E-state index contributed by atoms with van der Waals surface area (Å²) in [5.74, 6) is 2.51. The van der Waals surface area contributed by atoms with E-state index in [-0.39, 0.29) is 0 Å². The van der Waals surface area contributed by atoms with E-state index in [1.165, 1.54) is 16.7 Å². The quantitative estimate of drug-likeness (QED) is 0.746. The van der Waals surface area contributed by atoms with Crippen molar-refractivity contribution in [3.63, 3.8) is 0 Å². The number of nitrogens with one attached hydrogen (secondary N) is 1. The highest BCUT2D eigenvalue weighted by molar-refractivity contribution is 5.46. The summed E-state index contributed by atoms with van der Waals surface area (Å²) in [5.41, 5.74) is 4.94. The van der Waals surface area contributed by atoms with E-state index in [1.807, 2.05) is 25.1 Å². The molecule has 0 unspecified atom stereocenters. The number of aryl methyl sites for hydroxylation is 1. The number of fused-ring (bicyclic) bond motifs is 1. The molecule has 5 heteroatoms. The van der Waals surface area contributed by atoms with Crippen LogP contribution in [0.15, 0.2) is 54.6 Å². The van der Waals surface area contributed by atoms with E-state index in [1.54, 1.807) is 7.11 Å². The third kappa shape index (κ3) is 4.03. The first-order valence-corrected chi connectivity index (χ1v) is 9.25. The lowest BCUT2D eigenvalue weighted by atomic mass is 10.0. The van der Waals surface area contributed by atoms with Gasteiger partial charge in [-0.25, -0.2) is 4.98 Å². The molecule has 0 amide bonds. The van der Waals surface area contributed by atoms with Crippen LogP contribution in [0.25, 0.3) is 0 Å². The summed E-state index contributed by atoms with van der Waals surface area (Å²) in [6, 6.07) is 18.7. The van der Waals surface area contributed by atoms with Crippen molar-refractivity contribution in [2.45, 2.75) is 26.4 Å². The monoisotopic (exact) mass is 360 g/mol. The number of aromatic nitrogens is 2.